The lowest BCUT2D eigenvalue weighted by Gasteiger charge is -2.16. The van der Waals surface area contributed by atoms with E-state index in [-0.39, 0.29) is 5.91 Å². The van der Waals surface area contributed by atoms with Crippen molar-refractivity contribution in [1.82, 2.24) is 5.32 Å². The molecule has 4 nitrogen and oxygen atoms in total. The van der Waals surface area contributed by atoms with Crippen LogP contribution in [0.1, 0.15) is 23.6 Å². The summed E-state index contributed by atoms with van der Waals surface area (Å²) in [6.45, 7) is 8.64. The van der Waals surface area contributed by atoms with Crippen LogP contribution in [0.25, 0.3) is 0 Å². The number of carbonyl (C=O) groups is 1. The smallest absolute Gasteiger partial charge is 0.260 e. The van der Waals surface area contributed by atoms with Crippen LogP contribution in [0.15, 0.2) is 42.5 Å². The van der Waals surface area contributed by atoms with Crippen molar-refractivity contribution in [3.05, 3.63) is 59.2 Å². The average Bonchev–Trinajstić information content (AvgIpc) is 2.55. The van der Waals surface area contributed by atoms with E-state index in [2.05, 4.69) is 5.32 Å². The molecule has 0 spiro atoms. The van der Waals surface area contributed by atoms with Crippen molar-refractivity contribution >= 4 is 5.91 Å². The Balaban J connectivity index is 1.74. The topological polar surface area (TPSA) is 47.6 Å². The van der Waals surface area contributed by atoms with Crippen molar-refractivity contribution in [3.8, 4) is 11.5 Å². The first-order chi connectivity index (χ1) is 11.5. The Kier molecular flexibility index (Phi) is 6.24. The van der Waals surface area contributed by atoms with Crippen LogP contribution in [0.5, 0.6) is 11.5 Å². The van der Waals surface area contributed by atoms with Gasteiger partial charge in [-0.3, -0.25) is 4.79 Å². The van der Waals surface area contributed by atoms with Gasteiger partial charge in [0.05, 0.1) is 6.54 Å². The molecule has 1 N–H and O–H groups in total. The van der Waals surface area contributed by atoms with E-state index in [0.29, 0.717) is 13.2 Å². The van der Waals surface area contributed by atoms with Crippen LogP contribution in [0, 0.1) is 20.8 Å². The van der Waals surface area contributed by atoms with Crippen LogP contribution in [0.3, 0.4) is 0 Å². The molecule has 1 amide bonds. The van der Waals surface area contributed by atoms with E-state index in [4.69, 9.17) is 9.47 Å². The molecule has 0 aliphatic heterocycles. The molecule has 0 saturated carbocycles. The van der Waals surface area contributed by atoms with Crippen LogP contribution in [0.4, 0.5) is 0 Å². The highest BCUT2D eigenvalue weighted by molar-refractivity contribution is 5.80. The number of benzene rings is 2. The number of hydrogen-bond acceptors (Lipinski definition) is 3. The highest BCUT2D eigenvalue weighted by Crippen LogP contribution is 2.20. The fourth-order valence-electron chi connectivity index (χ4n) is 2.30. The second-order valence-corrected chi connectivity index (χ2v) is 5.98. The number of hydrogen-bond donors (Lipinski definition) is 1. The van der Waals surface area contributed by atoms with E-state index < -0.39 is 6.10 Å². The molecule has 128 valence electrons. The quantitative estimate of drug-likeness (QED) is 0.791. The molecule has 0 saturated heterocycles. The summed E-state index contributed by atoms with van der Waals surface area (Å²) < 4.78 is 11.3. The zero-order valence-corrected chi connectivity index (χ0v) is 14.8. The maximum absolute atomic E-state index is 12.1. The Morgan fingerprint density at radius 1 is 1.04 bits per heavy atom. The molecule has 24 heavy (non-hydrogen) atoms. The third kappa shape index (κ3) is 5.30. The van der Waals surface area contributed by atoms with Gasteiger partial charge in [0.25, 0.3) is 5.91 Å². The lowest BCUT2D eigenvalue weighted by Crippen LogP contribution is -2.38. The summed E-state index contributed by atoms with van der Waals surface area (Å²) in [5.41, 5.74) is 3.38. The van der Waals surface area contributed by atoms with Crippen molar-refractivity contribution in [2.45, 2.75) is 33.8 Å². The Morgan fingerprint density at radius 2 is 1.71 bits per heavy atom. The Morgan fingerprint density at radius 3 is 2.38 bits per heavy atom. The van der Waals surface area contributed by atoms with Gasteiger partial charge >= 0.3 is 0 Å². The van der Waals surface area contributed by atoms with Gasteiger partial charge in [0, 0.05) is 0 Å². The lowest BCUT2D eigenvalue weighted by molar-refractivity contribution is -0.127. The minimum absolute atomic E-state index is 0.150. The van der Waals surface area contributed by atoms with Crippen LogP contribution >= 0.6 is 0 Å². The molecule has 0 aliphatic carbocycles. The fraction of sp³-hybridized carbons (Fsp3) is 0.350. The largest absolute Gasteiger partial charge is 0.492 e. The number of rotatable bonds is 7. The van der Waals surface area contributed by atoms with Crippen LogP contribution in [0.2, 0.25) is 0 Å². The maximum atomic E-state index is 12.1. The minimum atomic E-state index is -0.550. The molecule has 2 aromatic carbocycles. The molecular weight excluding hydrogens is 302 g/mol. The second-order valence-electron chi connectivity index (χ2n) is 5.98. The normalized spacial score (nSPS) is 11.7. The number of carbonyl (C=O) groups excluding carboxylic acids is 1. The van der Waals surface area contributed by atoms with Crippen molar-refractivity contribution in [1.29, 1.82) is 0 Å². The van der Waals surface area contributed by atoms with E-state index >= 15 is 0 Å². The molecule has 4 heteroatoms. The van der Waals surface area contributed by atoms with Crippen LogP contribution < -0.4 is 14.8 Å². The first-order valence-corrected chi connectivity index (χ1v) is 8.17. The van der Waals surface area contributed by atoms with Crippen molar-refractivity contribution < 1.29 is 14.3 Å². The average molecular weight is 327 g/mol. The number of ether oxygens (including phenoxy) is 2. The van der Waals surface area contributed by atoms with Gasteiger partial charge in [-0.15, -0.1) is 0 Å². The summed E-state index contributed by atoms with van der Waals surface area (Å²) in [6, 6.07) is 13.7. The van der Waals surface area contributed by atoms with Crippen LogP contribution in [-0.2, 0) is 4.79 Å². The third-order valence-corrected chi connectivity index (χ3v) is 3.69. The Bertz CT molecular complexity index is 680. The zero-order valence-electron chi connectivity index (χ0n) is 14.8. The van der Waals surface area contributed by atoms with Gasteiger partial charge in [-0.05, 0) is 51.5 Å². The Labute approximate surface area is 143 Å². The first-order valence-electron chi connectivity index (χ1n) is 8.17. The predicted octanol–water partition coefficient (Wildman–Crippen LogP) is 3.57. The van der Waals surface area contributed by atoms with Crippen molar-refractivity contribution in [2.24, 2.45) is 0 Å². The number of aryl methyl sites for hydroxylation is 3. The summed E-state index contributed by atoms with van der Waals surface area (Å²) in [5, 5.41) is 2.83. The van der Waals surface area contributed by atoms with Crippen molar-refractivity contribution in [3.63, 3.8) is 0 Å². The van der Waals surface area contributed by atoms with Crippen LogP contribution in [-0.4, -0.2) is 25.2 Å². The SMILES string of the molecule is Cc1ccc(OCCNC(=O)C(C)Oc2ccc(C)cc2C)cc1. The Hall–Kier alpha value is -2.49. The molecule has 2 rings (SSSR count). The minimum Gasteiger partial charge on any atom is -0.492 e. The zero-order chi connectivity index (χ0) is 17.5. The molecule has 0 radical (unpaired) electrons. The first kappa shape index (κ1) is 17.9. The highest BCUT2D eigenvalue weighted by Gasteiger charge is 2.15. The van der Waals surface area contributed by atoms with Gasteiger partial charge in [-0.1, -0.05) is 35.4 Å². The van der Waals surface area contributed by atoms with Gasteiger partial charge in [-0.25, -0.2) is 0 Å². The summed E-state index contributed by atoms with van der Waals surface area (Å²) in [6.07, 6.45) is -0.550. The molecule has 0 heterocycles. The van der Waals surface area contributed by atoms with Crippen molar-refractivity contribution in [2.75, 3.05) is 13.2 Å². The molecule has 0 aromatic heterocycles. The molecule has 0 aliphatic rings. The summed E-state index contributed by atoms with van der Waals surface area (Å²) in [4.78, 5) is 12.1. The second kappa shape index (κ2) is 8.39. The van der Waals surface area contributed by atoms with E-state index in [1.165, 1.54) is 11.1 Å². The number of nitrogens with one attached hydrogen (secondary N) is 1. The molecule has 1 unspecified atom stereocenters. The molecule has 0 bridgehead atoms. The van der Waals surface area contributed by atoms with E-state index in [1.54, 1.807) is 6.92 Å². The lowest BCUT2D eigenvalue weighted by atomic mass is 10.1. The van der Waals surface area contributed by atoms with Gasteiger partial charge < -0.3 is 14.8 Å². The molecule has 0 fully saturated rings. The molecular formula is C20H25NO3. The monoisotopic (exact) mass is 327 g/mol. The fourth-order valence-corrected chi connectivity index (χ4v) is 2.30. The van der Waals surface area contributed by atoms with E-state index in [1.807, 2.05) is 63.2 Å². The predicted molar refractivity (Wildman–Crippen MR) is 95.7 cm³/mol. The molecule has 2 aromatic rings. The summed E-state index contributed by atoms with van der Waals surface area (Å²) in [7, 11) is 0. The van der Waals surface area contributed by atoms with Gasteiger partial charge in [0.1, 0.15) is 18.1 Å². The van der Waals surface area contributed by atoms with E-state index in [0.717, 1.165) is 17.1 Å². The third-order valence-electron chi connectivity index (χ3n) is 3.69. The highest BCUT2D eigenvalue weighted by atomic mass is 16.5. The van der Waals surface area contributed by atoms with Gasteiger partial charge in [0.2, 0.25) is 0 Å². The summed E-state index contributed by atoms with van der Waals surface area (Å²) >= 11 is 0. The van der Waals surface area contributed by atoms with Gasteiger partial charge in [0.15, 0.2) is 6.10 Å². The molecule has 1 atom stereocenters. The maximum Gasteiger partial charge on any atom is 0.260 e. The van der Waals surface area contributed by atoms with E-state index in [9.17, 15) is 4.79 Å². The standard InChI is InChI=1S/C20H25NO3/c1-14-5-8-18(9-6-14)23-12-11-21-20(22)17(4)24-19-10-7-15(2)13-16(19)3/h5-10,13,17H,11-12H2,1-4H3,(H,21,22). The van der Waals surface area contributed by atoms with Gasteiger partial charge in [-0.2, -0.15) is 0 Å². The summed E-state index contributed by atoms with van der Waals surface area (Å²) in [5.74, 6) is 1.39. The number of amides is 1.